The van der Waals surface area contributed by atoms with Crippen LogP contribution in [0, 0.1) is 33.4 Å². The Morgan fingerprint density at radius 1 is 1.02 bits per heavy atom. The lowest BCUT2D eigenvalue weighted by atomic mass is 9.76. The van der Waals surface area contributed by atoms with Gasteiger partial charge >= 0.3 is 0 Å². The number of rotatable bonds is 11. The van der Waals surface area contributed by atoms with Crippen molar-refractivity contribution in [1.29, 1.82) is 5.26 Å². The molecule has 2 aromatic rings. The Bertz CT molecular complexity index is 1560. The van der Waals surface area contributed by atoms with Gasteiger partial charge in [0.15, 0.2) is 17.3 Å². The lowest BCUT2D eigenvalue weighted by Crippen LogP contribution is -2.29. The third kappa shape index (κ3) is 8.69. The number of halogens is 1. The van der Waals surface area contributed by atoms with E-state index < -0.39 is 22.1 Å². The summed E-state index contributed by atoms with van der Waals surface area (Å²) in [7, 11) is 0. The van der Waals surface area contributed by atoms with E-state index in [9.17, 15) is 29.1 Å². The van der Waals surface area contributed by atoms with Gasteiger partial charge in [-0.25, -0.2) is 4.39 Å². The Labute approximate surface area is 260 Å². The van der Waals surface area contributed by atoms with Crippen molar-refractivity contribution in [3.05, 3.63) is 82.0 Å². The van der Waals surface area contributed by atoms with Crippen LogP contribution in [0.3, 0.4) is 0 Å². The maximum absolute atomic E-state index is 14.2. The number of carbonyl (C=O) groups excluding carboxylic acids is 3. The molecule has 44 heavy (non-hydrogen) atoms. The van der Waals surface area contributed by atoms with Gasteiger partial charge in [-0.1, -0.05) is 60.6 Å². The van der Waals surface area contributed by atoms with Crippen molar-refractivity contribution < 1.29 is 23.9 Å². The molecule has 1 heterocycles. The Hall–Kier alpha value is -4.18. The molecule has 0 saturated heterocycles. The monoisotopic (exact) mass is 598 g/mol. The number of nitrogens with zero attached hydrogens (tertiary/aromatic N) is 2. The molecule has 232 valence electrons. The van der Waals surface area contributed by atoms with E-state index >= 15 is 0 Å². The molecule has 1 aliphatic carbocycles. The number of pyridine rings is 1. The number of ketones is 3. The largest absolute Gasteiger partial charge is 0.507 e. The van der Waals surface area contributed by atoms with Gasteiger partial charge in [0.1, 0.15) is 17.6 Å². The van der Waals surface area contributed by atoms with Crippen molar-refractivity contribution in [2.45, 2.75) is 87.0 Å². The number of phenols is 1. The Balaban J connectivity index is 2.01. The van der Waals surface area contributed by atoms with Gasteiger partial charge in [-0.15, -0.1) is 0 Å². The van der Waals surface area contributed by atoms with Gasteiger partial charge in [-0.3, -0.25) is 19.4 Å². The summed E-state index contributed by atoms with van der Waals surface area (Å²) < 4.78 is 14.2. The molecule has 0 spiro atoms. The minimum absolute atomic E-state index is 0.0289. The molecule has 0 aliphatic heterocycles. The normalized spacial score (nSPS) is 14.7. The first-order valence-electron chi connectivity index (χ1n) is 15.0. The third-order valence-corrected chi connectivity index (χ3v) is 7.86. The van der Waals surface area contributed by atoms with Crippen molar-refractivity contribution in [3.63, 3.8) is 0 Å². The molecule has 6 nitrogen and oxygen atoms in total. The fourth-order valence-electron chi connectivity index (χ4n) is 5.33. The number of phenolic OH excluding ortho intramolecular Hbond substituents is 1. The Morgan fingerprint density at radius 3 is 2.32 bits per heavy atom. The molecule has 0 radical (unpaired) electrons. The highest BCUT2D eigenvalue weighted by Crippen LogP contribution is 2.33. The van der Waals surface area contributed by atoms with Gasteiger partial charge in [0, 0.05) is 28.4 Å². The van der Waals surface area contributed by atoms with Crippen molar-refractivity contribution >= 4 is 29.5 Å². The number of nitriles is 1. The molecule has 3 rings (SSSR count). The third-order valence-electron chi connectivity index (χ3n) is 7.86. The van der Waals surface area contributed by atoms with Crippen LogP contribution in [-0.2, 0) is 27.2 Å². The van der Waals surface area contributed by atoms with Gasteiger partial charge in [0.2, 0.25) is 0 Å². The number of allylic oxidation sites excluding steroid dienone is 4. The average Bonchev–Trinajstić information content (AvgIpc) is 2.94. The lowest BCUT2D eigenvalue weighted by molar-refractivity contribution is -0.123. The standard InChI is InChI=1S/C37H43FN2O4/c1-35(2,3)33(43)26(23-39)20-27-18-24(21-37(6,7)34(44)25-12-9-8-10-13-25)19-28(40-27)22-36(4,5)32(42)17-16-29-30(38)14-11-15-31(29)41/h11-12,14-20,41H,8-10,13,21-22H2,1-7H3/b17-16+,26-20+. The second-order valence-electron chi connectivity index (χ2n) is 13.9. The summed E-state index contributed by atoms with van der Waals surface area (Å²) in [6.45, 7) is 12.6. The van der Waals surface area contributed by atoms with E-state index in [1.165, 1.54) is 36.4 Å². The van der Waals surface area contributed by atoms with Gasteiger partial charge in [-0.2, -0.15) is 5.26 Å². The summed E-state index contributed by atoms with van der Waals surface area (Å²) in [5.41, 5.74) is 0.0492. The second kappa shape index (κ2) is 13.6. The van der Waals surface area contributed by atoms with E-state index in [0.717, 1.165) is 36.8 Å². The maximum atomic E-state index is 14.2. The molecule has 0 unspecified atom stereocenters. The maximum Gasteiger partial charge on any atom is 0.178 e. The summed E-state index contributed by atoms with van der Waals surface area (Å²) in [5, 5.41) is 19.8. The van der Waals surface area contributed by atoms with Crippen LogP contribution >= 0.6 is 0 Å². The number of aromatic hydroxyl groups is 1. The summed E-state index contributed by atoms with van der Waals surface area (Å²) in [5.74, 6) is -1.42. The summed E-state index contributed by atoms with van der Waals surface area (Å²) >= 11 is 0. The lowest BCUT2D eigenvalue weighted by Gasteiger charge is -2.27. The van der Waals surface area contributed by atoms with Crippen molar-refractivity contribution in [2.75, 3.05) is 0 Å². The quantitative estimate of drug-likeness (QED) is 0.208. The molecule has 0 saturated carbocycles. The van der Waals surface area contributed by atoms with Gasteiger partial charge < -0.3 is 5.11 Å². The number of benzene rings is 1. The first-order chi connectivity index (χ1) is 20.4. The summed E-state index contributed by atoms with van der Waals surface area (Å²) in [4.78, 5) is 44.4. The predicted octanol–water partition coefficient (Wildman–Crippen LogP) is 7.94. The van der Waals surface area contributed by atoms with Gasteiger partial charge in [0.05, 0.1) is 16.8 Å². The van der Waals surface area contributed by atoms with E-state index in [1.54, 1.807) is 40.7 Å². The molecule has 7 heteroatoms. The first-order valence-corrected chi connectivity index (χ1v) is 15.0. The molecule has 0 amide bonds. The van der Waals surface area contributed by atoms with Gasteiger partial charge in [0.25, 0.3) is 0 Å². The van der Waals surface area contributed by atoms with Crippen LogP contribution in [-0.4, -0.2) is 27.4 Å². The van der Waals surface area contributed by atoms with E-state index in [2.05, 4.69) is 0 Å². The molecule has 0 bridgehead atoms. The highest BCUT2D eigenvalue weighted by Gasteiger charge is 2.32. The van der Waals surface area contributed by atoms with E-state index in [-0.39, 0.29) is 40.7 Å². The molecule has 0 atom stereocenters. The number of carbonyl (C=O) groups is 3. The average molecular weight is 599 g/mol. The van der Waals surface area contributed by atoms with Crippen molar-refractivity contribution in [1.82, 2.24) is 4.98 Å². The van der Waals surface area contributed by atoms with Crippen LogP contribution in [0.4, 0.5) is 4.39 Å². The summed E-state index contributed by atoms with van der Waals surface area (Å²) in [6, 6.07) is 9.59. The molecular weight excluding hydrogens is 555 g/mol. The number of hydrogen-bond donors (Lipinski definition) is 1. The van der Waals surface area contributed by atoms with Crippen molar-refractivity contribution in [3.8, 4) is 11.8 Å². The Kier molecular flexibility index (Phi) is 10.6. The Morgan fingerprint density at radius 2 is 1.73 bits per heavy atom. The van der Waals surface area contributed by atoms with Crippen LogP contribution in [0.2, 0.25) is 0 Å². The fourth-order valence-corrected chi connectivity index (χ4v) is 5.33. The van der Waals surface area contributed by atoms with Crippen LogP contribution in [0.15, 0.2) is 53.6 Å². The second-order valence-corrected chi connectivity index (χ2v) is 13.9. The number of Topliss-reactive ketones (excluding diaryl/α,β-unsaturated/α-hetero) is 2. The summed E-state index contributed by atoms with van der Waals surface area (Å²) in [6.07, 6.45) is 10.4. The van der Waals surface area contributed by atoms with Crippen LogP contribution in [0.1, 0.15) is 96.7 Å². The SMILES string of the molecule is CC(C)(C)C(=O)/C(C#N)=C/c1cc(CC(C)(C)C(=O)C2=CCCCC2)cc(CC(C)(C)C(=O)/C=C/c2c(O)cccc2F)n1. The van der Waals surface area contributed by atoms with Crippen LogP contribution in [0.5, 0.6) is 5.75 Å². The highest BCUT2D eigenvalue weighted by atomic mass is 19.1. The topological polar surface area (TPSA) is 108 Å². The molecule has 1 aromatic carbocycles. The zero-order chi connectivity index (χ0) is 32.9. The minimum atomic E-state index is -0.971. The van der Waals surface area contributed by atoms with E-state index in [0.29, 0.717) is 17.8 Å². The fraction of sp³-hybridized carbons (Fsp3) is 0.432. The van der Waals surface area contributed by atoms with Crippen molar-refractivity contribution in [2.24, 2.45) is 16.2 Å². The number of hydrogen-bond acceptors (Lipinski definition) is 6. The predicted molar refractivity (Wildman–Crippen MR) is 171 cm³/mol. The zero-order valence-electron chi connectivity index (χ0n) is 26.9. The smallest absolute Gasteiger partial charge is 0.178 e. The first kappa shape index (κ1) is 34.3. The molecular formula is C37H43FN2O4. The molecule has 1 aliphatic rings. The zero-order valence-corrected chi connectivity index (χ0v) is 26.9. The highest BCUT2D eigenvalue weighted by molar-refractivity contribution is 6.06. The molecule has 1 aromatic heterocycles. The van der Waals surface area contributed by atoms with Crippen LogP contribution in [0.25, 0.3) is 12.2 Å². The molecule has 0 fully saturated rings. The van der Waals surface area contributed by atoms with E-state index in [4.69, 9.17) is 4.98 Å². The number of aromatic nitrogens is 1. The minimum Gasteiger partial charge on any atom is -0.507 e. The van der Waals surface area contributed by atoms with E-state index in [1.807, 2.05) is 32.1 Å². The van der Waals surface area contributed by atoms with Gasteiger partial charge in [-0.05, 0) is 85.7 Å². The molecule has 1 N–H and O–H groups in total. The van der Waals surface area contributed by atoms with Crippen LogP contribution < -0.4 is 0 Å².